The van der Waals surface area contributed by atoms with E-state index in [4.69, 9.17) is 4.74 Å². The van der Waals surface area contributed by atoms with Crippen LogP contribution in [-0.4, -0.2) is 23.8 Å². The van der Waals surface area contributed by atoms with Crippen LogP contribution in [0.2, 0.25) is 0 Å². The molecule has 0 heterocycles. The van der Waals surface area contributed by atoms with Gasteiger partial charge in [0.05, 0.1) is 18.6 Å². The Kier molecular flexibility index (Phi) is 7.89. The second kappa shape index (κ2) is 9.91. The fourth-order valence-corrected chi connectivity index (χ4v) is 3.99. The van der Waals surface area contributed by atoms with Gasteiger partial charge in [-0.1, -0.05) is 69.7 Å². The van der Waals surface area contributed by atoms with Crippen LogP contribution in [0, 0.1) is 29.6 Å². The van der Waals surface area contributed by atoms with Crippen molar-refractivity contribution in [3.8, 4) is 0 Å². The molecule has 144 valence electrons. The number of carbonyl (C=O) groups is 1. The summed E-state index contributed by atoms with van der Waals surface area (Å²) in [5.41, 5.74) is 1.00. The summed E-state index contributed by atoms with van der Waals surface area (Å²) in [6.45, 7) is 9.01. The Morgan fingerprint density at radius 3 is 2.58 bits per heavy atom. The van der Waals surface area contributed by atoms with Gasteiger partial charge in [-0.15, -0.1) is 0 Å². The average Bonchev–Trinajstić information content (AvgIpc) is 2.64. The Labute approximate surface area is 158 Å². The highest BCUT2D eigenvalue weighted by atomic mass is 16.5. The molecule has 1 N–H and O–H groups in total. The van der Waals surface area contributed by atoms with E-state index in [9.17, 15) is 9.90 Å². The van der Waals surface area contributed by atoms with Crippen LogP contribution < -0.4 is 0 Å². The minimum Gasteiger partial charge on any atom is -0.465 e. The van der Waals surface area contributed by atoms with E-state index in [0.29, 0.717) is 30.3 Å². The number of carbonyl (C=O) groups excluding carboxylic acids is 1. The normalized spacial score (nSPS) is 26.0. The molecule has 26 heavy (non-hydrogen) atoms. The van der Waals surface area contributed by atoms with Gasteiger partial charge in [0.1, 0.15) is 0 Å². The molecule has 0 radical (unpaired) electrons. The molecule has 1 aromatic carbocycles. The lowest BCUT2D eigenvalue weighted by Crippen LogP contribution is -2.33. The predicted octanol–water partition coefficient (Wildman–Crippen LogP) is 4.95. The van der Waals surface area contributed by atoms with Gasteiger partial charge in [0.25, 0.3) is 0 Å². The van der Waals surface area contributed by atoms with E-state index >= 15 is 0 Å². The molecule has 0 saturated heterocycles. The third-order valence-electron chi connectivity index (χ3n) is 5.77. The zero-order chi connectivity index (χ0) is 19.1. The minimum absolute atomic E-state index is 0.309. The highest BCUT2D eigenvalue weighted by Crippen LogP contribution is 2.38. The average molecular weight is 359 g/mol. The maximum Gasteiger partial charge on any atom is 0.311 e. The van der Waals surface area contributed by atoms with Crippen LogP contribution in [0.25, 0.3) is 6.08 Å². The van der Waals surface area contributed by atoms with E-state index in [-0.39, 0.29) is 5.97 Å². The van der Waals surface area contributed by atoms with Crippen molar-refractivity contribution in [2.45, 2.75) is 53.1 Å². The third-order valence-corrected chi connectivity index (χ3v) is 5.77. The van der Waals surface area contributed by atoms with Gasteiger partial charge in [0.15, 0.2) is 0 Å². The summed E-state index contributed by atoms with van der Waals surface area (Å²) in [5.74, 6) is 1.50. The number of esters is 1. The molecule has 0 aromatic heterocycles. The lowest BCUT2D eigenvalue weighted by molar-refractivity contribution is -0.153. The topological polar surface area (TPSA) is 46.5 Å². The number of hydrogen-bond donors (Lipinski definition) is 1. The van der Waals surface area contributed by atoms with Crippen LogP contribution in [0.5, 0.6) is 0 Å². The minimum atomic E-state index is -0.839. The van der Waals surface area contributed by atoms with Crippen LogP contribution in [0.4, 0.5) is 0 Å². The van der Waals surface area contributed by atoms with Gasteiger partial charge >= 0.3 is 5.97 Å². The molecule has 3 nitrogen and oxygen atoms in total. The lowest BCUT2D eigenvalue weighted by atomic mass is 9.70. The largest absolute Gasteiger partial charge is 0.465 e. The van der Waals surface area contributed by atoms with Crippen LogP contribution in [0.3, 0.4) is 0 Å². The molecular formula is C23H34O3. The van der Waals surface area contributed by atoms with Crippen molar-refractivity contribution in [1.82, 2.24) is 0 Å². The second-order valence-electron chi connectivity index (χ2n) is 8.27. The molecule has 1 aliphatic rings. The van der Waals surface area contributed by atoms with Gasteiger partial charge < -0.3 is 9.84 Å². The number of aliphatic hydroxyl groups excluding tert-OH is 1. The zero-order valence-electron chi connectivity index (χ0n) is 16.6. The van der Waals surface area contributed by atoms with Gasteiger partial charge in [-0.2, -0.15) is 0 Å². The molecule has 0 unspecified atom stereocenters. The molecule has 1 aliphatic carbocycles. The first-order chi connectivity index (χ1) is 12.4. The summed E-state index contributed by atoms with van der Waals surface area (Å²) in [4.78, 5) is 12.4. The molecule has 0 amide bonds. The third kappa shape index (κ3) is 5.98. The van der Waals surface area contributed by atoms with Crippen LogP contribution in [0.15, 0.2) is 36.4 Å². The van der Waals surface area contributed by atoms with Crippen LogP contribution in [0.1, 0.15) is 52.5 Å². The first-order valence-electron chi connectivity index (χ1n) is 9.96. The van der Waals surface area contributed by atoms with Crippen molar-refractivity contribution in [3.05, 3.63) is 42.0 Å². The quantitative estimate of drug-likeness (QED) is 0.702. The predicted molar refractivity (Wildman–Crippen MR) is 106 cm³/mol. The Morgan fingerprint density at radius 2 is 1.92 bits per heavy atom. The van der Waals surface area contributed by atoms with Gasteiger partial charge in [0, 0.05) is 0 Å². The number of ether oxygens (including phenoxy) is 1. The summed E-state index contributed by atoms with van der Waals surface area (Å²) in [5, 5.41) is 10.3. The molecule has 0 bridgehead atoms. The summed E-state index contributed by atoms with van der Waals surface area (Å²) >= 11 is 0. The van der Waals surface area contributed by atoms with E-state index in [1.165, 1.54) is 12.8 Å². The molecule has 1 aromatic rings. The lowest BCUT2D eigenvalue weighted by Gasteiger charge is -2.37. The summed E-state index contributed by atoms with van der Waals surface area (Å²) < 4.78 is 5.61. The fraction of sp³-hybridized carbons (Fsp3) is 0.609. The Bertz CT molecular complexity index is 578. The van der Waals surface area contributed by atoms with E-state index in [1.807, 2.05) is 36.4 Å². The van der Waals surface area contributed by atoms with Crippen molar-refractivity contribution in [3.63, 3.8) is 0 Å². The number of benzene rings is 1. The van der Waals surface area contributed by atoms with Crippen molar-refractivity contribution in [2.75, 3.05) is 6.61 Å². The fourth-order valence-electron chi connectivity index (χ4n) is 3.99. The van der Waals surface area contributed by atoms with Crippen molar-refractivity contribution in [1.29, 1.82) is 0 Å². The molecule has 1 fully saturated rings. The van der Waals surface area contributed by atoms with Gasteiger partial charge in [-0.25, -0.2) is 0 Å². The van der Waals surface area contributed by atoms with Crippen molar-refractivity contribution < 1.29 is 14.6 Å². The van der Waals surface area contributed by atoms with Crippen molar-refractivity contribution in [2.24, 2.45) is 29.6 Å². The van der Waals surface area contributed by atoms with Gasteiger partial charge in [0.2, 0.25) is 0 Å². The van der Waals surface area contributed by atoms with E-state index in [0.717, 1.165) is 12.0 Å². The monoisotopic (exact) mass is 358 g/mol. The molecule has 0 spiro atoms. The SMILES string of the molecule is CC(C)[C@@H]1CC[C@@H](C)C[C@@H]1COC(=O)[C@@H](C)[C@@H](O)/C=C/c1ccccc1. The summed E-state index contributed by atoms with van der Waals surface area (Å²) in [6.07, 6.45) is 6.29. The molecule has 1 saturated carbocycles. The molecule has 0 aliphatic heterocycles. The Balaban J connectivity index is 1.86. The summed E-state index contributed by atoms with van der Waals surface area (Å²) in [6, 6.07) is 9.76. The molecule has 3 heteroatoms. The van der Waals surface area contributed by atoms with Crippen LogP contribution in [-0.2, 0) is 9.53 Å². The highest BCUT2D eigenvalue weighted by Gasteiger charge is 2.32. The second-order valence-corrected chi connectivity index (χ2v) is 8.27. The van der Waals surface area contributed by atoms with Crippen LogP contribution >= 0.6 is 0 Å². The van der Waals surface area contributed by atoms with E-state index in [2.05, 4.69) is 20.8 Å². The molecule has 2 rings (SSSR count). The maximum atomic E-state index is 12.4. The van der Waals surface area contributed by atoms with Gasteiger partial charge in [-0.05, 0) is 49.0 Å². The molecule has 5 atom stereocenters. The molecular weight excluding hydrogens is 324 g/mol. The Morgan fingerprint density at radius 1 is 1.23 bits per heavy atom. The van der Waals surface area contributed by atoms with Gasteiger partial charge in [-0.3, -0.25) is 4.79 Å². The number of aliphatic hydroxyl groups is 1. The first-order valence-corrected chi connectivity index (χ1v) is 9.96. The van der Waals surface area contributed by atoms with E-state index in [1.54, 1.807) is 13.0 Å². The smallest absolute Gasteiger partial charge is 0.311 e. The van der Waals surface area contributed by atoms with Crippen molar-refractivity contribution >= 4 is 12.0 Å². The summed E-state index contributed by atoms with van der Waals surface area (Å²) in [7, 11) is 0. The zero-order valence-corrected chi connectivity index (χ0v) is 16.6. The number of hydrogen-bond acceptors (Lipinski definition) is 3. The first kappa shape index (κ1) is 20.7. The standard InChI is InChI=1S/C23H34O3/c1-16(2)21-12-10-17(3)14-20(21)15-26-23(25)18(4)22(24)13-11-19-8-6-5-7-9-19/h5-9,11,13,16-18,20-22,24H,10,12,14-15H2,1-4H3/b13-11+/t17-,18+,20-,21+,22+/m1/s1. The number of rotatable bonds is 7. The Hall–Kier alpha value is -1.61. The van der Waals surface area contributed by atoms with E-state index < -0.39 is 12.0 Å². The highest BCUT2D eigenvalue weighted by molar-refractivity contribution is 5.73. The maximum absolute atomic E-state index is 12.4.